The Kier molecular flexibility index (Phi) is 8.40. The Hall–Kier alpha value is -2.31. The van der Waals surface area contributed by atoms with Crippen LogP contribution in [0, 0.1) is 55.4 Å². The molecule has 0 saturated heterocycles. The van der Waals surface area contributed by atoms with Crippen LogP contribution in [0.15, 0.2) is 33.3 Å². The van der Waals surface area contributed by atoms with Gasteiger partial charge in [0.1, 0.15) is 14.7 Å². The van der Waals surface area contributed by atoms with Gasteiger partial charge in [0, 0.05) is 22.7 Å². The summed E-state index contributed by atoms with van der Waals surface area (Å²) in [6.07, 6.45) is 12.2. The van der Waals surface area contributed by atoms with Crippen LogP contribution in [0.5, 0.6) is 0 Å². The van der Waals surface area contributed by atoms with E-state index in [1.54, 1.807) is 0 Å². The average Bonchev–Trinajstić information content (AvgIpc) is 3.78. The van der Waals surface area contributed by atoms with Gasteiger partial charge in [-0.3, -0.25) is 0 Å². The van der Waals surface area contributed by atoms with Gasteiger partial charge in [-0.2, -0.15) is 10.2 Å². The predicted octanol–water partition coefficient (Wildman–Crippen LogP) is 10.2. The molecular weight excluding hydrogens is 631 g/mol. The van der Waals surface area contributed by atoms with Gasteiger partial charge in [-0.25, -0.2) is 13.4 Å². The van der Waals surface area contributed by atoms with Crippen LogP contribution in [-0.2, 0) is 0 Å². The van der Waals surface area contributed by atoms with Gasteiger partial charge in [0.2, 0.25) is 0 Å². The van der Waals surface area contributed by atoms with Gasteiger partial charge < -0.3 is 4.86 Å². The smallest absolute Gasteiger partial charge is 0.302 e. The van der Waals surface area contributed by atoms with E-state index in [-0.39, 0.29) is 0 Å². The number of aromatic nitrogens is 8. The highest BCUT2D eigenvalue weighted by atomic mass is 31.3. The van der Waals surface area contributed by atoms with Crippen molar-refractivity contribution in [1.82, 2.24) is 38.2 Å². The van der Waals surface area contributed by atoms with E-state index >= 15 is 0 Å². The van der Waals surface area contributed by atoms with Crippen LogP contribution in [0.2, 0.25) is 0 Å². The second-order valence-corrected chi connectivity index (χ2v) is 22.6. The molecule has 11 nitrogen and oxygen atoms in total. The minimum atomic E-state index is -3.11. The Labute approximate surface area is 274 Å². The number of hydrogen-bond acceptors (Lipinski definition) is 6. The van der Waals surface area contributed by atoms with E-state index in [0.717, 1.165) is 45.6 Å². The fourth-order valence-electron chi connectivity index (χ4n) is 8.13. The van der Waals surface area contributed by atoms with Crippen molar-refractivity contribution in [2.75, 3.05) is 0 Å². The lowest BCUT2D eigenvalue weighted by atomic mass is 10.00. The van der Waals surface area contributed by atoms with Gasteiger partial charge in [-0.05, 0) is 105 Å². The number of hydrogen-bond donors (Lipinski definition) is 0. The number of nitrogens with zero attached hydrogens (tertiary/aromatic N) is 11. The number of aryl methyl sites for hydroxylation is 8. The summed E-state index contributed by atoms with van der Waals surface area (Å²) in [6.45, 7) is 16.9. The summed E-state index contributed by atoms with van der Waals surface area (Å²) in [6, 6.07) is 8.66. The topological polar surface area (TPSA) is 110 Å². The second-order valence-electron chi connectivity index (χ2n) is 13.9. The first-order valence-corrected chi connectivity index (χ1v) is 22.1. The molecule has 0 bridgehead atoms. The third-order valence-corrected chi connectivity index (χ3v) is 22.9. The van der Waals surface area contributed by atoms with E-state index in [2.05, 4.69) is 97.5 Å². The maximum absolute atomic E-state index is 6.34. The quantitative estimate of drug-likeness (QED) is 0.189. The molecule has 14 heteroatoms. The van der Waals surface area contributed by atoms with Gasteiger partial charge in [-0.1, -0.05) is 43.0 Å². The summed E-state index contributed by atoms with van der Waals surface area (Å²) >= 11 is 0. The molecule has 248 valence electrons. The molecule has 3 aliphatic rings. The fraction of sp³-hybridized carbons (Fsp3) is 0.625. The highest BCUT2D eigenvalue weighted by Crippen LogP contribution is 2.91. The minimum Gasteiger partial charge on any atom is -0.346 e. The largest absolute Gasteiger partial charge is 0.346 e. The van der Waals surface area contributed by atoms with Crippen LogP contribution >= 0.6 is 22.6 Å². The third-order valence-electron chi connectivity index (χ3n) is 9.95. The Balaban J connectivity index is 1.71. The maximum Gasteiger partial charge on any atom is 0.302 e. The summed E-state index contributed by atoms with van der Waals surface area (Å²) in [7, 11) is -8.70. The SMILES string of the molecule is Cc1cc(C)n(P2(n3nc(C)cc3C)=NP(C3CCCCC3)(C3CCCCC3)=N[P+](n3nc(C)cc3C)(n3nc(C)cc3C)[N-]2)n1. The zero-order chi connectivity index (χ0) is 32.4. The lowest BCUT2D eigenvalue weighted by Crippen LogP contribution is -2.28. The molecule has 0 N–H and O–H groups in total. The zero-order valence-electron chi connectivity index (χ0n) is 28.8. The first kappa shape index (κ1) is 32.2. The van der Waals surface area contributed by atoms with Crippen molar-refractivity contribution in [1.29, 1.82) is 0 Å². The summed E-state index contributed by atoms with van der Waals surface area (Å²) < 4.78 is 21.3. The fourth-order valence-corrected chi connectivity index (χ4v) is 24.8. The van der Waals surface area contributed by atoms with E-state index in [0.29, 0.717) is 11.3 Å². The van der Waals surface area contributed by atoms with Crippen LogP contribution in [0.3, 0.4) is 0 Å². The summed E-state index contributed by atoms with van der Waals surface area (Å²) in [5.41, 5.74) is 8.91. The Bertz CT molecular complexity index is 1760. The van der Waals surface area contributed by atoms with Gasteiger partial charge in [0.25, 0.3) is 0 Å². The van der Waals surface area contributed by atoms with E-state index in [9.17, 15) is 0 Å². The normalized spacial score (nSPS) is 21.7. The van der Waals surface area contributed by atoms with Crippen molar-refractivity contribution in [3.8, 4) is 0 Å². The van der Waals surface area contributed by atoms with Crippen molar-refractivity contribution >= 4 is 22.6 Å². The van der Waals surface area contributed by atoms with Gasteiger partial charge >= 0.3 is 7.87 Å². The number of rotatable bonds is 6. The summed E-state index contributed by atoms with van der Waals surface area (Å²) in [5, 5.41) is 21.0. The van der Waals surface area contributed by atoms with Gasteiger partial charge in [-0.15, -0.1) is 19.1 Å². The summed E-state index contributed by atoms with van der Waals surface area (Å²) in [4.78, 5) is 6.13. The Morgan fingerprint density at radius 2 is 0.957 bits per heavy atom. The molecule has 7 rings (SSSR count). The molecule has 0 radical (unpaired) electrons. The molecule has 4 aromatic heterocycles. The monoisotopic (exact) mass is 681 g/mol. The van der Waals surface area contributed by atoms with E-state index in [1.807, 2.05) is 0 Å². The first-order chi connectivity index (χ1) is 22.0. The third kappa shape index (κ3) is 5.16. The van der Waals surface area contributed by atoms with Gasteiger partial charge in [0.15, 0.2) is 0 Å². The van der Waals surface area contributed by atoms with Crippen molar-refractivity contribution in [3.63, 3.8) is 0 Å². The molecule has 0 aromatic carbocycles. The van der Waals surface area contributed by atoms with Crippen LogP contribution in [0.1, 0.15) is 110 Å². The van der Waals surface area contributed by atoms with Crippen LogP contribution < -0.4 is 0 Å². The molecule has 0 atom stereocenters. The van der Waals surface area contributed by atoms with Crippen molar-refractivity contribution in [2.45, 2.75) is 131 Å². The predicted molar refractivity (Wildman–Crippen MR) is 191 cm³/mol. The lowest BCUT2D eigenvalue weighted by molar-refractivity contribution is 0.481. The van der Waals surface area contributed by atoms with Crippen LogP contribution in [0.25, 0.3) is 4.86 Å². The van der Waals surface area contributed by atoms with Crippen LogP contribution in [0.4, 0.5) is 0 Å². The summed E-state index contributed by atoms with van der Waals surface area (Å²) in [5.74, 6) is 0. The van der Waals surface area contributed by atoms with E-state index in [4.69, 9.17) is 34.3 Å². The standard InChI is InChI=1S/C32H50N11P3/c1-23-19-27(5)40(33-23)45(41-28(6)20-24(2)34-41)37-44(31-15-11-9-12-16-31,32-17-13-10-14-18-32)38-46(39-45,42-29(7)21-25(3)35-42)43-30(8)22-26(4)36-43/h19-22,31-32H,9-18H2,1-8H3. The lowest BCUT2D eigenvalue weighted by Gasteiger charge is -2.51. The van der Waals surface area contributed by atoms with Crippen LogP contribution in [-0.4, -0.2) is 49.5 Å². The van der Waals surface area contributed by atoms with E-state index < -0.39 is 22.6 Å². The molecule has 4 aromatic rings. The molecule has 2 fully saturated rings. The molecule has 5 heterocycles. The molecule has 46 heavy (non-hydrogen) atoms. The molecule has 0 amide bonds. The van der Waals surface area contributed by atoms with Gasteiger partial charge in [0.05, 0.1) is 34.2 Å². The highest BCUT2D eigenvalue weighted by Gasteiger charge is 2.55. The molecular formula is C32H50N11P3. The zero-order valence-corrected chi connectivity index (χ0v) is 31.5. The molecule has 2 saturated carbocycles. The highest BCUT2D eigenvalue weighted by molar-refractivity contribution is 7.96. The van der Waals surface area contributed by atoms with Crippen molar-refractivity contribution in [2.24, 2.45) is 9.03 Å². The maximum atomic E-state index is 6.34. The molecule has 2 aliphatic carbocycles. The van der Waals surface area contributed by atoms with E-state index in [1.165, 1.54) is 64.2 Å². The Morgan fingerprint density at radius 1 is 0.565 bits per heavy atom. The van der Waals surface area contributed by atoms with Crippen molar-refractivity contribution < 1.29 is 0 Å². The molecule has 1 aliphatic heterocycles. The van der Waals surface area contributed by atoms with Crippen molar-refractivity contribution in [3.05, 3.63) is 74.7 Å². The second kappa shape index (κ2) is 12.0. The molecule has 0 unspecified atom stereocenters. The average molecular weight is 682 g/mol. The molecule has 0 spiro atoms. The Morgan fingerprint density at radius 3 is 1.30 bits per heavy atom. The first-order valence-electron chi connectivity index (χ1n) is 17.0. The minimum absolute atomic E-state index is 0.418.